The van der Waals surface area contributed by atoms with Crippen molar-refractivity contribution in [1.29, 1.82) is 0 Å². The van der Waals surface area contributed by atoms with E-state index in [-0.39, 0.29) is 32.4 Å². The number of pyridine rings is 1. The van der Waals surface area contributed by atoms with Crippen LogP contribution in [0, 0.1) is 11.6 Å². The summed E-state index contributed by atoms with van der Waals surface area (Å²) in [7, 11) is -3.83. The van der Waals surface area contributed by atoms with Gasteiger partial charge in [-0.3, -0.25) is 19.0 Å². The second-order valence-corrected chi connectivity index (χ2v) is 11.8. The predicted octanol–water partition coefficient (Wildman–Crippen LogP) is 5.57. The Kier molecular flexibility index (Phi) is 6.32. The molecule has 3 aromatic carbocycles. The molecule has 0 N–H and O–H groups in total. The zero-order valence-electron chi connectivity index (χ0n) is 20.3. The summed E-state index contributed by atoms with van der Waals surface area (Å²) in [6, 6.07) is 18.5. The molecule has 3 heterocycles. The van der Waals surface area contributed by atoms with Gasteiger partial charge in [-0.15, -0.1) is 0 Å². The van der Waals surface area contributed by atoms with E-state index in [9.17, 15) is 22.0 Å². The molecule has 1 aliphatic rings. The topological polar surface area (TPSA) is 83.5 Å². The summed E-state index contributed by atoms with van der Waals surface area (Å²) in [5.74, 6) is -2.04. The van der Waals surface area contributed by atoms with Crippen molar-refractivity contribution >= 4 is 48.3 Å². The number of anilines is 2. The van der Waals surface area contributed by atoms with Crippen LogP contribution in [0.1, 0.15) is 21.5 Å². The zero-order valence-corrected chi connectivity index (χ0v) is 21.9. The van der Waals surface area contributed by atoms with Gasteiger partial charge in [0.05, 0.1) is 21.8 Å². The van der Waals surface area contributed by atoms with Gasteiger partial charge in [0, 0.05) is 30.6 Å². The molecule has 1 aliphatic heterocycles. The number of aromatic nitrogens is 2. The molecule has 2 aromatic heterocycles. The molecule has 0 fully saturated rings. The predicted molar refractivity (Wildman–Crippen MR) is 145 cm³/mol. The lowest BCUT2D eigenvalue weighted by Gasteiger charge is -2.21. The summed E-state index contributed by atoms with van der Waals surface area (Å²) < 4.78 is 56.6. The second-order valence-electron chi connectivity index (χ2n) is 8.96. The lowest BCUT2D eigenvalue weighted by atomic mass is 10.2. The fourth-order valence-corrected chi connectivity index (χ4v) is 7.08. The Balaban J connectivity index is 1.34. The van der Waals surface area contributed by atoms with Gasteiger partial charge < -0.3 is 0 Å². The third-order valence-electron chi connectivity index (χ3n) is 6.48. The highest BCUT2D eigenvalue weighted by Crippen LogP contribution is 2.34. The van der Waals surface area contributed by atoms with Crippen molar-refractivity contribution in [2.75, 3.05) is 15.7 Å². The van der Waals surface area contributed by atoms with Crippen LogP contribution in [0.3, 0.4) is 0 Å². The summed E-state index contributed by atoms with van der Waals surface area (Å²) in [6.07, 6.45) is 3.82. The van der Waals surface area contributed by atoms with E-state index in [1.807, 2.05) is 12.1 Å². The number of para-hydroxylation sites is 1. The van der Waals surface area contributed by atoms with E-state index < -0.39 is 27.6 Å². The van der Waals surface area contributed by atoms with Crippen LogP contribution in [0.4, 0.5) is 19.6 Å². The summed E-state index contributed by atoms with van der Waals surface area (Å²) in [5.41, 5.74) is 2.49. The Morgan fingerprint density at radius 2 is 1.82 bits per heavy atom. The van der Waals surface area contributed by atoms with Crippen molar-refractivity contribution in [2.45, 2.75) is 17.9 Å². The number of thiazole rings is 1. The van der Waals surface area contributed by atoms with Gasteiger partial charge in [-0.2, -0.15) is 0 Å². The van der Waals surface area contributed by atoms with Gasteiger partial charge in [-0.05, 0) is 60.0 Å². The van der Waals surface area contributed by atoms with Gasteiger partial charge in [0.15, 0.2) is 10.9 Å². The molecule has 7 nitrogen and oxygen atoms in total. The van der Waals surface area contributed by atoms with E-state index in [0.717, 1.165) is 23.0 Å². The molecule has 0 spiro atoms. The first-order valence-electron chi connectivity index (χ1n) is 12.0. The van der Waals surface area contributed by atoms with E-state index >= 15 is 0 Å². The number of carbonyl (C=O) groups is 1. The van der Waals surface area contributed by atoms with E-state index in [1.165, 1.54) is 39.5 Å². The maximum atomic E-state index is 14.4. The number of carbonyl (C=O) groups excluding carboxylic acids is 1. The number of amides is 1. The summed E-state index contributed by atoms with van der Waals surface area (Å²) in [5, 5.41) is 0.175. The van der Waals surface area contributed by atoms with Crippen molar-refractivity contribution in [1.82, 2.24) is 9.97 Å². The molecule has 6 rings (SSSR count). The number of benzene rings is 3. The Morgan fingerprint density at radius 1 is 1.03 bits per heavy atom. The average Bonchev–Trinajstić information content (AvgIpc) is 3.57. The second kappa shape index (κ2) is 9.83. The molecule has 0 bridgehead atoms. The molecule has 0 aliphatic carbocycles. The molecular weight excluding hydrogens is 542 g/mol. The summed E-state index contributed by atoms with van der Waals surface area (Å²) >= 11 is 0.985. The van der Waals surface area contributed by atoms with Gasteiger partial charge in [0.1, 0.15) is 11.3 Å². The smallest absolute Gasteiger partial charge is 0.264 e. The van der Waals surface area contributed by atoms with Crippen LogP contribution in [0.2, 0.25) is 0 Å². The van der Waals surface area contributed by atoms with Crippen LogP contribution in [0.5, 0.6) is 0 Å². The molecule has 0 atom stereocenters. The maximum absolute atomic E-state index is 14.4. The molecule has 0 saturated carbocycles. The van der Waals surface area contributed by atoms with Crippen LogP contribution < -0.4 is 9.21 Å². The summed E-state index contributed by atoms with van der Waals surface area (Å²) in [6.45, 7) is 0.414. The first kappa shape index (κ1) is 25.1. The van der Waals surface area contributed by atoms with Gasteiger partial charge in [0.25, 0.3) is 15.9 Å². The van der Waals surface area contributed by atoms with E-state index in [1.54, 1.807) is 36.7 Å². The Morgan fingerprint density at radius 3 is 2.59 bits per heavy atom. The Labute approximate surface area is 227 Å². The minimum absolute atomic E-state index is 0.0345. The average molecular weight is 563 g/mol. The number of nitrogens with zero attached hydrogens (tertiary/aromatic N) is 4. The first-order valence-corrected chi connectivity index (χ1v) is 14.2. The molecule has 11 heteroatoms. The standard InChI is InChI=1S/C28H20F2N4O3S2/c29-21-14-23(30)26-25(15-21)38-28(32-26)33(17-18-4-3-12-31-16-18)27(35)20-7-9-22(10-8-20)39(36,37)34-13-11-19-5-1-2-6-24(19)34/h1-10,12,14-16H,11,13,17H2. The van der Waals surface area contributed by atoms with Gasteiger partial charge in [0.2, 0.25) is 0 Å². The molecular formula is C28H20F2N4O3S2. The molecule has 39 heavy (non-hydrogen) atoms. The molecule has 196 valence electrons. The zero-order chi connectivity index (χ0) is 27.1. The van der Waals surface area contributed by atoms with Gasteiger partial charge in [-0.1, -0.05) is 35.6 Å². The van der Waals surface area contributed by atoms with Gasteiger partial charge >= 0.3 is 0 Å². The van der Waals surface area contributed by atoms with E-state index in [4.69, 9.17) is 0 Å². The number of hydrogen-bond donors (Lipinski definition) is 0. The van der Waals surface area contributed by atoms with Crippen LogP contribution in [-0.2, 0) is 23.0 Å². The molecule has 0 unspecified atom stereocenters. The third-order valence-corrected chi connectivity index (χ3v) is 9.33. The number of halogens is 2. The Bertz CT molecular complexity index is 1810. The van der Waals surface area contributed by atoms with Crippen LogP contribution in [0.15, 0.2) is 90.1 Å². The molecule has 1 amide bonds. The first-order chi connectivity index (χ1) is 18.8. The van der Waals surface area contributed by atoms with Crippen molar-refractivity contribution < 1.29 is 22.0 Å². The monoisotopic (exact) mass is 562 g/mol. The lowest BCUT2D eigenvalue weighted by molar-refractivity contribution is 0.0985. The van der Waals surface area contributed by atoms with Crippen molar-refractivity contribution in [2.24, 2.45) is 0 Å². The fourth-order valence-electron chi connectivity index (χ4n) is 4.57. The fraction of sp³-hybridized carbons (Fsp3) is 0.107. The SMILES string of the molecule is O=C(c1ccc(S(=O)(=O)N2CCc3ccccc32)cc1)N(Cc1cccnc1)c1nc2c(F)cc(F)cc2s1. The quantitative estimate of drug-likeness (QED) is 0.270. The van der Waals surface area contributed by atoms with Crippen LogP contribution >= 0.6 is 11.3 Å². The molecule has 0 radical (unpaired) electrons. The van der Waals surface area contributed by atoms with E-state index in [2.05, 4.69) is 9.97 Å². The third kappa shape index (κ3) is 4.64. The summed E-state index contributed by atoms with van der Waals surface area (Å²) in [4.78, 5) is 23.5. The highest BCUT2D eigenvalue weighted by atomic mass is 32.2. The number of sulfonamides is 1. The van der Waals surface area contributed by atoms with Crippen molar-refractivity contribution in [3.63, 3.8) is 0 Å². The molecule has 0 saturated heterocycles. The highest BCUT2D eigenvalue weighted by molar-refractivity contribution is 7.92. The maximum Gasteiger partial charge on any atom is 0.264 e. The lowest BCUT2D eigenvalue weighted by Crippen LogP contribution is -2.31. The Hall–Kier alpha value is -4.22. The number of fused-ring (bicyclic) bond motifs is 2. The minimum Gasteiger partial charge on any atom is -0.279 e. The van der Waals surface area contributed by atoms with Crippen molar-refractivity contribution in [3.05, 3.63) is 114 Å². The molecule has 5 aromatic rings. The normalized spacial score (nSPS) is 13.0. The van der Waals surface area contributed by atoms with Crippen LogP contribution in [-0.4, -0.2) is 30.8 Å². The van der Waals surface area contributed by atoms with Gasteiger partial charge in [-0.25, -0.2) is 22.2 Å². The minimum atomic E-state index is -3.83. The highest BCUT2D eigenvalue weighted by Gasteiger charge is 2.31. The van der Waals surface area contributed by atoms with Crippen LogP contribution in [0.25, 0.3) is 10.2 Å². The van der Waals surface area contributed by atoms with E-state index in [0.29, 0.717) is 24.2 Å². The number of rotatable bonds is 6. The number of hydrogen-bond acceptors (Lipinski definition) is 6. The largest absolute Gasteiger partial charge is 0.279 e. The van der Waals surface area contributed by atoms with Crippen molar-refractivity contribution in [3.8, 4) is 0 Å².